The fourth-order valence-electron chi connectivity index (χ4n) is 2.40. The van der Waals surface area contributed by atoms with Crippen LogP contribution < -0.4 is 4.90 Å². The van der Waals surface area contributed by atoms with Crippen molar-refractivity contribution in [1.82, 2.24) is 0 Å². The Labute approximate surface area is 106 Å². The first kappa shape index (κ1) is 12.8. The zero-order valence-corrected chi connectivity index (χ0v) is 10.7. The van der Waals surface area contributed by atoms with Gasteiger partial charge in [0, 0.05) is 18.7 Å². The number of hydrogen-bond donors (Lipinski definition) is 1. The van der Waals surface area contributed by atoms with Gasteiger partial charge in [0.2, 0.25) is 0 Å². The summed E-state index contributed by atoms with van der Waals surface area (Å²) in [5, 5.41) is 21.0. The number of nitro groups is 1. The second kappa shape index (κ2) is 4.94. The first-order chi connectivity index (χ1) is 8.50. The Hall–Kier alpha value is -1.62. The molecular weight excluding hydrogens is 232 g/mol. The van der Waals surface area contributed by atoms with E-state index in [9.17, 15) is 15.2 Å². The second-order valence-corrected chi connectivity index (χ2v) is 4.98. The molecule has 0 aliphatic carbocycles. The number of anilines is 1. The van der Waals surface area contributed by atoms with E-state index in [-0.39, 0.29) is 16.5 Å². The van der Waals surface area contributed by atoms with Crippen LogP contribution in [0, 0.1) is 23.0 Å². The summed E-state index contributed by atoms with van der Waals surface area (Å²) in [5.74, 6) is 0.255. The molecule has 1 aliphatic rings. The summed E-state index contributed by atoms with van der Waals surface area (Å²) >= 11 is 0. The van der Waals surface area contributed by atoms with Crippen molar-refractivity contribution in [3.05, 3.63) is 33.9 Å². The van der Waals surface area contributed by atoms with Crippen molar-refractivity contribution < 1.29 is 10.0 Å². The van der Waals surface area contributed by atoms with E-state index >= 15 is 0 Å². The van der Waals surface area contributed by atoms with Crippen molar-refractivity contribution in [2.45, 2.75) is 26.4 Å². The molecule has 1 N–H and O–H groups in total. The van der Waals surface area contributed by atoms with Crippen molar-refractivity contribution in [3.63, 3.8) is 0 Å². The lowest BCUT2D eigenvalue weighted by Crippen LogP contribution is -2.43. The van der Waals surface area contributed by atoms with Crippen LogP contribution in [0.15, 0.2) is 18.2 Å². The molecule has 1 aromatic rings. The van der Waals surface area contributed by atoms with Gasteiger partial charge in [-0.25, -0.2) is 0 Å². The van der Waals surface area contributed by atoms with Crippen molar-refractivity contribution in [3.8, 4) is 0 Å². The van der Waals surface area contributed by atoms with Crippen molar-refractivity contribution in [2.24, 2.45) is 5.92 Å². The van der Waals surface area contributed by atoms with Gasteiger partial charge in [0.15, 0.2) is 0 Å². The molecule has 1 saturated heterocycles. The Balaban J connectivity index is 2.34. The molecule has 0 aromatic heterocycles. The summed E-state index contributed by atoms with van der Waals surface area (Å²) in [6.45, 7) is 4.96. The maximum atomic E-state index is 11.1. The third kappa shape index (κ3) is 2.31. The summed E-state index contributed by atoms with van der Waals surface area (Å²) in [7, 11) is 0. The Morgan fingerprint density at radius 3 is 2.83 bits per heavy atom. The van der Waals surface area contributed by atoms with Gasteiger partial charge in [-0.1, -0.05) is 19.1 Å². The average molecular weight is 250 g/mol. The van der Waals surface area contributed by atoms with Crippen LogP contribution in [0.1, 0.15) is 18.9 Å². The minimum absolute atomic E-state index is 0.152. The van der Waals surface area contributed by atoms with E-state index in [1.165, 1.54) is 0 Å². The van der Waals surface area contributed by atoms with Gasteiger partial charge in [-0.15, -0.1) is 0 Å². The minimum Gasteiger partial charge on any atom is -0.391 e. The molecule has 2 atom stereocenters. The predicted molar refractivity (Wildman–Crippen MR) is 69.8 cm³/mol. The van der Waals surface area contributed by atoms with Crippen LogP contribution in [0.4, 0.5) is 11.4 Å². The van der Waals surface area contributed by atoms with Crippen LogP contribution in [0.5, 0.6) is 0 Å². The molecule has 98 valence electrons. The lowest BCUT2D eigenvalue weighted by atomic mass is 9.95. The molecule has 5 nitrogen and oxygen atoms in total. The normalized spacial score (nSPS) is 24.1. The van der Waals surface area contributed by atoms with Crippen molar-refractivity contribution in [2.75, 3.05) is 18.0 Å². The third-order valence-corrected chi connectivity index (χ3v) is 3.66. The summed E-state index contributed by atoms with van der Waals surface area (Å²) in [6, 6.07) is 5.32. The molecule has 1 aromatic carbocycles. The van der Waals surface area contributed by atoms with Crippen LogP contribution in [0.2, 0.25) is 0 Å². The SMILES string of the molecule is Cc1cccc(N2CC[C@H](C)[C@@H](O)C2)c1[N+](=O)[O-]. The van der Waals surface area contributed by atoms with Gasteiger partial charge in [0.05, 0.1) is 11.0 Å². The molecule has 0 unspecified atom stereocenters. The molecule has 1 heterocycles. The molecule has 1 aliphatic heterocycles. The lowest BCUT2D eigenvalue weighted by molar-refractivity contribution is -0.384. The molecule has 0 saturated carbocycles. The highest BCUT2D eigenvalue weighted by molar-refractivity contribution is 5.66. The number of hydrogen-bond acceptors (Lipinski definition) is 4. The van der Waals surface area contributed by atoms with Crippen LogP contribution in [-0.2, 0) is 0 Å². The largest absolute Gasteiger partial charge is 0.391 e. The van der Waals surface area contributed by atoms with Crippen molar-refractivity contribution in [1.29, 1.82) is 0 Å². The van der Waals surface area contributed by atoms with Gasteiger partial charge in [-0.05, 0) is 25.3 Å². The summed E-state index contributed by atoms with van der Waals surface area (Å²) in [6.07, 6.45) is 0.436. The number of aryl methyl sites for hydroxylation is 1. The van der Waals surface area contributed by atoms with E-state index in [2.05, 4.69) is 0 Å². The number of nitrogens with zero attached hydrogens (tertiary/aromatic N) is 2. The highest BCUT2D eigenvalue weighted by Crippen LogP contribution is 2.33. The number of aliphatic hydroxyl groups excluding tert-OH is 1. The maximum Gasteiger partial charge on any atom is 0.295 e. The molecular formula is C13H18N2O3. The van der Waals surface area contributed by atoms with Crippen molar-refractivity contribution >= 4 is 11.4 Å². The molecule has 1 fully saturated rings. The van der Waals surface area contributed by atoms with Crippen LogP contribution in [0.3, 0.4) is 0 Å². The van der Waals surface area contributed by atoms with Crippen LogP contribution in [0.25, 0.3) is 0 Å². The summed E-state index contributed by atoms with van der Waals surface area (Å²) in [5.41, 5.74) is 1.43. The Morgan fingerprint density at radius 2 is 2.22 bits per heavy atom. The quantitative estimate of drug-likeness (QED) is 0.645. The first-order valence-corrected chi connectivity index (χ1v) is 6.17. The lowest BCUT2D eigenvalue weighted by Gasteiger charge is -2.35. The van der Waals surface area contributed by atoms with Gasteiger partial charge in [-0.3, -0.25) is 10.1 Å². The Bertz CT molecular complexity index is 462. The van der Waals surface area contributed by atoms with E-state index in [0.717, 1.165) is 13.0 Å². The second-order valence-electron chi connectivity index (χ2n) is 4.98. The zero-order valence-electron chi connectivity index (χ0n) is 10.7. The minimum atomic E-state index is -0.418. The molecule has 2 rings (SSSR count). The molecule has 0 spiro atoms. The van der Waals surface area contributed by atoms with E-state index < -0.39 is 6.10 Å². The van der Waals surface area contributed by atoms with Gasteiger partial charge < -0.3 is 10.0 Å². The van der Waals surface area contributed by atoms with Gasteiger partial charge in [-0.2, -0.15) is 0 Å². The molecule has 18 heavy (non-hydrogen) atoms. The average Bonchev–Trinajstić information content (AvgIpc) is 2.32. The van der Waals surface area contributed by atoms with Gasteiger partial charge in [0.1, 0.15) is 5.69 Å². The number of rotatable bonds is 2. The van der Waals surface area contributed by atoms with E-state index in [1.54, 1.807) is 19.1 Å². The number of nitro benzene ring substituents is 1. The molecule has 5 heteroatoms. The van der Waals surface area contributed by atoms with E-state index in [1.807, 2.05) is 17.9 Å². The van der Waals surface area contributed by atoms with Gasteiger partial charge >= 0.3 is 0 Å². The Kier molecular flexibility index (Phi) is 3.52. The van der Waals surface area contributed by atoms with E-state index in [0.29, 0.717) is 17.8 Å². The molecule has 0 bridgehead atoms. The highest BCUT2D eigenvalue weighted by atomic mass is 16.6. The maximum absolute atomic E-state index is 11.1. The number of piperidine rings is 1. The first-order valence-electron chi connectivity index (χ1n) is 6.17. The summed E-state index contributed by atoms with van der Waals surface area (Å²) < 4.78 is 0. The topological polar surface area (TPSA) is 66.6 Å². The smallest absolute Gasteiger partial charge is 0.295 e. The number of β-amino-alcohol motifs (C(OH)–C–C–N with tert-alkyl or cyclic N) is 1. The fraction of sp³-hybridized carbons (Fsp3) is 0.538. The van der Waals surface area contributed by atoms with Crippen LogP contribution in [-0.4, -0.2) is 29.2 Å². The monoisotopic (exact) mass is 250 g/mol. The number of aliphatic hydroxyl groups is 1. The number of para-hydroxylation sites is 1. The summed E-state index contributed by atoms with van der Waals surface area (Å²) in [4.78, 5) is 12.7. The Morgan fingerprint density at radius 1 is 1.50 bits per heavy atom. The van der Waals surface area contributed by atoms with Crippen LogP contribution >= 0.6 is 0 Å². The highest BCUT2D eigenvalue weighted by Gasteiger charge is 2.29. The standard InChI is InChI=1S/C13H18N2O3/c1-9-6-7-14(8-12(9)16)11-5-3-4-10(2)13(11)15(17)18/h3-5,9,12,16H,6-8H2,1-2H3/t9-,12-/m0/s1. The predicted octanol–water partition coefficient (Wildman–Crippen LogP) is 2.11. The number of benzene rings is 1. The van der Waals surface area contributed by atoms with Gasteiger partial charge in [0.25, 0.3) is 5.69 Å². The third-order valence-electron chi connectivity index (χ3n) is 3.66. The van der Waals surface area contributed by atoms with E-state index in [4.69, 9.17) is 0 Å². The fourth-order valence-corrected chi connectivity index (χ4v) is 2.40. The zero-order chi connectivity index (χ0) is 13.3. The molecule has 0 radical (unpaired) electrons. The molecule has 0 amide bonds.